The van der Waals surface area contributed by atoms with Crippen LogP contribution < -0.4 is 21.1 Å². The van der Waals surface area contributed by atoms with E-state index in [0.29, 0.717) is 13.2 Å². The SMILES string of the molecule is Cl.Cl.Cn1c(=O)n(C)c2cc(COc3ccc(CNCCCNCCO)cc3)ccc21. The van der Waals surface area contributed by atoms with E-state index >= 15 is 0 Å². The summed E-state index contributed by atoms with van der Waals surface area (Å²) in [6, 6.07) is 14.1. The molecule has 1 heterocycles. The van der Waals surface area contributed by atoms with E-state index in [0.717, 1.165) is 48.4 Å². The van der Waals surface area contributed by atoms with Crippen molar-refractivity contribution in [2.45, 2.75) is 19.6 Å². The smallest absolute Gasteiger partial charge is 0.328 e. The zero-order valence-electron chi connectivity index (χ0n) is 18.0. The minimum atomic E-state index is -0.0244. The predicted octanol–water partition coefficient (Wildman–Crippen LogP) is 2.36. The van der Waals surface area contributed by atoms with Crippen molar-refractivity contribution in [1.29, 1.82) is 0 Å². The first kappa shape index (κ1) is 27.0. The first-order chi connectivity index (χ1) is 14.1. The Morgan fingerprint density at radius 3 is 2.23 bits per heavy atom. The number of aliphatic hydroxyl groups is 1. The number of nitrogens with one attached hydrogen (secondary N) is 2. The van der Waals surface area contributed by atoms with Crippen molar-refractivity contribution in [1.82, 2.24) is 19.8 Å². The molecule has 0 unspecified atom stereocenters. The first-order valence-corrected chi connectivity index (χ1v) is 9.98. The molecule has 2 aromatic carbocycles. The Balaban J connectivity index is 0.00000240. The fourth-order valence-electron chi connectivity index (χ4n) is 3.29. The average Bonchev–Trinajstić information content (AvgIpc) is 2.96. The summed E-state index contributed by atoms with van der Waals surface area (Å²) in [5.74, 6) is 0.823. The molecular formula is C22H32Cl2N4O3. The van der Waals surface area contributed by atoms with Crippen LogP contribution in [-0.2, 0) is 27.2 Å². The molecule has 1 aromatic heterocycles. The van der Waals surface area contributed by atoms with Crippen molar-refractivity contribution in [2.24, 2.45) is 14.1 Å². The van der Waals surface area contributed by atoms with Gasteiger partial charge >= 0.3 is 5.69 Å². The Labute approximate surface area is 195 Å². The van der Waals surface area contributed by atoms with Crippen LogP contribution in [0.15, 0.2) is 47.3 Å². The van der Waals surface area contributed by atoms with Crippen LogP contribution in [0.5, 0.6) is 5.75 Å². The second-order valence-corrected chi connectivity index (χ2v) is 7.16. The molecule has 7 nitrogen and oxygen atoms in total. The monoisotopic (exact) mass is 470 g/mol. The van der Waals surface area contributed by atoms with E-state index in [2.05, 4.69) is 22.8 Å². The minimum absolute atomic E-state index is 0. The van der Waals surface area contributed by atoms with Gasteiger partial charge < -0.3 is 20.5 Å². The van der Waals surface area contributed by atoms with Crippen LogP contribution in [0.4, 0.5) is 0 Å². The lowest BCUT2D eigenvalue weighted by molar-refractivity contribution is 0.292. The van der Waals surface area contributed by atoms with Crippen molar-refractivity contribution < 1.29 is 9.84 Å². The summed E-state index contributed by atoms with van der Waals surface area (Å²) in [7, 11) is 3.57. The quantitative estimate of drug-likeness (QED) is 0.374. The van der Waals surface area contributed by atoms with Crippen LogP contribution in [0, 0.1) is 0 Å². The molecule has 0 aliphatic carbocycles. The highest BCUT2D eigenvalue weighted by molar-refractivity contribution is 5.85. The van der Waals surface area contributed by atoms with E-state index in [1.807, 2.05) is 30.3 Å². The molecule has 3 aromatic rings. The van der Waals surface area contributed by atoms with Gasteiger partial charge in [-0.2, -0.15) is 0 Å². The molecule has 0 radical (unpaired) electrons. The molecule has 0 saturated heterocycles. The largest absolute Gasteiger partial charge is 0.489 e. The van der Waals surface area contributed by atoms with Gasteiger partial charge in [-0.15, -0.1) is 24.8 Å². The third-order valence-corrected chi connectivity index (χ3v) is 4.99. The highest BCUT2D eigenvalue weighted by Gasteiger charge is 2.08. The fourth-order valence-corrected chi connectivity index (χ4v) is 3.29. The number of aryl methyl sites for hydroxylation is 2. The number of aliphatic hydroxyl groups excluding tert-OH is 1. The van der Waals surface area contributed by atoms with Crippen LogP contribution in [-0.4, -0.2) is 40.5 Å². The molecule has 0 bridgehead atoms. The summed E-state index contributed by atoms with van der Waals surface area (Å²) in [6.07, 6.45) is 1.03. The number of fused-ring (bicyclic) bond motifs is 1. The minimum Gasteiger partial charge on any atom is -0.489 e. The standard InChI is InChI=1S/C22H30N4O3.2ClH/c1-25-20-9-6-18(14-21(20)26(2)22(25)28)16-29-19-7-4-17(5-8-19)15-24-11-3-10-23-12-13-27;;/h4-9,14,23-24,27H,3,10-13,15-16H2,1-2H3;2*1H. The van der Waals surface area contributed by atoms with Gasteiger partial charge in [-0.25, -0.2) is 4.79 Å². The Hall–Kier alpha value is -2.03. The van der Waals surface area contributed by atoms with E-state index in [9.17, 15) is 4.79 Å². The van der Waals surface area contributed by atoms with Gasteiger partial charge in [-0.3, -0.25) is 9.13 Å². The number of benzene rings is 2. The van der Waals surface area contributed by atoms with Gasteiger partial charge in [0.05, 0.1) is 17.6 Å². The normalized spacial score (nSPS) is 10.5. The van der Waals surface area contributed by atoms with Crippen LogP contribution in [0.3, 0.4) is 0 Å². The van der Waals surface area contributed by atoms with E-state index < -0.39 is 0 Å². The lowest BCUT2D eigenvalue weighted by Gasteiger charge is -2.09. The predicted molar refractivity (Wildman–Crippen MR) is 130 cm³/mol. The second-order valence-electron chi connectivity index (χ2n) is 7.16. The molecule has 0 aliphatic heterocycles. The van der Waals surface area contributed by atoms with Crippen molar-refractivity contribution >= 4 is 35.8 Å². The van der Waals surface area contributed by atoms with E-state index in [1.165, 1.54) is 5.56 Å². The van der Waals surface area contributed by atoms with Gasteiger partial charge in [0, 0.05) is 27.2 Å². The fraction of sp³-hybridized carbons (Fsp3) is 0.409. The number of halogens is 2. The van der Waals surface area contributed by atoms with E-state index in [4.69, 9.17) is 9.84 Å². The molecule has 0 spiro atoms. The lowest BCUT2D eigenvalue weighted by Crippen LogP contribution is -2.23. The maximum Gasteiger partial charge on any atom is 0.328 e. The maximum atomic E-state index is 12.0. The average molecular weight is 471 g/mol. The van der Waals surface area contributed by atoms with Crippen LogP contribution in [0.25, 0.3) is 11.0 Å². The summed E-state index contributed by atoms with van der Waals surface area (Å²) >= 11 is 0. The number of hydrogen-bond acceptors (Lipinski definition) is 5. The summed E-state index contributed by atoms with van der Waals surface area (Å²) in [5.41, 5.74) is 4.04. The molecule has 9 heteroatoms. The van der Waals surface area contributed by atoms with Crippen LogP contribution >= 0.6 is 24.8 Å². The van der Waals surface area contributed by atoms with Crippen molar-refractivity contribution in [3.63, 3.8) is 0 Å². The third-order valence-electron chi connectivity index (χ3n) is 4.99. The molecule has 0 aliphatic rings. The van der Waals surface area contributed by atoms with Gasteiger partial charge in [0.1, 0.15) is 12.4 Å². The second kappa shape index (κ2) is 13.4. The highest BCUT2D eigenvalue weighted by Crippen LogP contribution is 2.17. The summed E-state index contributed by atoms with van der Waals surface area (Å²) in [5, 5.41) is 15.3. The Morgan fingerprint density at radius 2 is 1.52 bits per heavy atom. The summed E-state index contributed by atoms with van der Waals surface area (Å²) < 4.78 is 9.22. The number of ether oxygens (including phenoxy) is 1. The summed E-state index contributed by atoms with van der Waals surface area (Å²) in [6.45, 7) is 3.95. The molecule has 3 rings (SSSR count). The Morgan fingerprint density at radius 1 is 0.871 bits per heavy atom. The highest BCUT2D eigenvalue weighted by atomic mass is 35.5. The molecule has 31 heavy (non-hydrogen) atoms. The summed E-state index contributed by atoms with van der Waals surface area (Å²) in [4.78, 5) is 12.0. The number of hydrogen-bond donors (Lipinski definition) is 3. The van der Waals surface area contributed by atoms with Gasteiger partial charge in [-0.05, 0) is 54.9 Å². The van der Waals surface area contributed by atoms with Gasteiger partial charge in [0.15, 0.2) is 0 Å². The zero-order valence-corrected chi connectivity index (χ0v) is 19.6. The molecule has 0 saturated carbocycles. The number of rotatable bonds is 11. The van der Waals surface area contributed by atoms with E-state index in [1.54, 1.807) is 23.2 Å². The van der Waals surface area contributed by atoms with Crippen LogP contribution in [0.2, 0.25) is 0 Å². The maximum absolute atomic E-state index is 12.0. The first-order valence-electron chi connectivity index (χ1n) is 9.98. The third kappa shape index (κ3) is 7.26. The van der Waals surface area contributed by atoms with Crippen LogP contribution in [0.1, 0.15) is 17.5 Å². The topological polar surface area (TPSA) is 80.5 Å². The number of aromatic nitrogens is 2. The molecule has 0 fully saturated rings. The van der Waals surface area contributed by atoms with Gasteiger partial charge in [0.25, 0.3) is 0 Å². The number of imidazole rings is 1. The van der Waals surface area contributed by atoms with Gasteiger partial charge in [-0.1, -0.05) is 18.2 Å². The van der Waals surface area contributed by atoms with Crippen molar-refractivity contribution in [2.75, 3.05) is 26.2 Å². The van der Waals surface area contributed by atoms with E-state index in [-0.39, 0.29) is 37.1 Å². The zero-order chi connectivity index (χ0) is 20.6. The Bertz CT molecular complexity index is 987. The molecular weight excluding hydrogens is 439 g/mol. The van der Waals surface area contributed by atoms with Crippen molar-refractivity contribution in [3.8, 4) is 5.75 Å². The Kier molecular flexibility index (Phi) is 11.7. The van der Waals surface area contributed by atoms with Crippen molar-refractivity contribution in [3.05, 3.63) is 64.1 Å². The lowest BCUT2D eigenvalue weighted by atomic mass is 10.2. The number of nitrogens with zero attached hydrogens (tertiary/aromatic N) is 2. The van der Waals surface area contributed by atoms with Gasteiger partial charge in [0.2, 0.25) is 0 Å². The molecule has 0 amide bonds. The molecule has 172 valence electrons. The molecule has 0 atom stereocenters. The molecule has 3 N–H and O–H groups in total.